The molecule has 11 heteroatoms. The van der Waals surface area contributed by atoms with E-state index in [9.17, 15) is 4.79 Å². The van der Waals surface area contributed by atoms with E-state index in [1.807, 2.05) is 0 Å². The van der Waals surface area contributed by atoms with Crippen molar-refractivity contribution in [2.24, 2.45) is 0 Å². The topological polar surface area (TPSA) is 78.5 Å². The van der Waals surface area contributed by atoms with E-state index in [1.54, 1.807) is 22.6 Å². The summed E-state index contributed by atoms with van der Waals surface area (Å²) in [6.45, 7) is 0. The van der Waals surface area contributed by atoms with E-state index in [2.05, 4.69) is 20.2 Å². The molecule has 0 aliphatic heterocycles. The van der Waals surface area contributed by atoms with Gasteiger partial charge in [0.1, 0.15) is 12.7 Å². The quantitative estimate of drug-likeness (QED) is 0.492. The molecule has 2 aromatic heterocycles. The van der Waals surface area contributed by atoms with Crippen molar-refractivity contribution in [3.63, 3.8) is 0 Å². The summed E-state index contributed by atoms with van der Waals surface area (Å²) in [5.74, 6) is -0.104. The van der Waals surface area contributed by atoms with E-state index in [4.69, 9.17) is 34.8 Å². The fourth-order valence-corrected chi connectivity index (χ4v) is 1.82. The first-order valence-corrected chi connectivity index (χ1v) is 6.20. The molecule has 0 saturated carbocycles. The number of carbonyl (C=O) groups is 1. The maximum Gasteiger partial charge on any atom is 0.372 e. The van der Waals surface area contributed by atoms with E-state index in [1.165, 1.54) is 12.7 Å². The molecule has 0 aromatic carbocycles. The Bertz CT molecular complexity index is 547. The lowest BCUT2D eigenvalue weighted by Crippen LogP contribution is -2.26. The van der Waals surface area contributed by atoms with Gasteiger partial charge in [-0.05, 0) is 0 Å². The van der Waals surface area contributed by atoms with E-state index in [-0.39, 0.29) is 9.66 Å². The first-order valence-electron chi connectivity index (χ1n) is 3.98. The number of nitrogens with zero attached hydrogens (tertiary/aromatic N) is 6. The molecule has 2 rings (SSSR count). The second kappa shape index (κ2) is 4.67. The largest absolute Gasteiger partial charge is 0.372 e. The summed E-state index contributed by atoms with van der Waals surface area (Å²) >= 11 is 18.9. The van der Waals surface area contributed by atoms with Gasteiger partial charge in [-0.1, -0.05) is 34.8 Å². The molecular formula is C6H2Cl3IN6O. The average Bonchev–Trinajstić information content (AvgIpc) is 2.83. The highest BCUT2D eigenvalue weighted by atomic mass is 127. The molecular weight excluding hydrogens is 405 g/mol. The van der Waals surface area contributed by atoms with Crippen LogP contribution in [0.15, 0.2) is 12.7 Å². The summed E-state index contributed by atoms with van der Waals surface area (Å²) in [7, 11) is 0. The van der Waals surface area contributed by atoms with Gasteiger partial charge in [-0.3, -0.25) is 0 Å². The number of carbonyl (C=O) groups excluding carboxylic acids is 1. The van der Waals surface area contributed by atoms with Crippen molar-refractivity contribution in [1.29, 1.82) is 0 Å². The lowest BCUT2D eigenvalue weighted by Gasteiger charge is -2.09. The minimum Gasteiger partial charge on any atom is -0.243 e. The molecule has 0 bridgehead atoms. The highest BCUT2D eigenvalue weighted by Crippen LogP contribution is 2.37. The Hall–Kier alpha value is -0.450. The summed E-state index contributed by atoms with van der Waals surface area (Å²) < 4.78 is 0.234. The second-order valence-corrected chi connectivity index (χ2v) is 5.98. The maximum atomic E-state index is 11.9. The molecule has 0 radical (unpaired) electrons. The van der Waals surface area contributed by atoms with Gasteiger partial charge in [0, 0.05) is 22.6 Å². The number of hydrogen-bond acceptors (Lipinski definition) is 5. The van der Waals surface area contributed by atoms with Crippen molar-refractivity contribution < 1.29 is 4.79 Å². The first kappa shape index (κ1) is 13.0. The predicted octanol–water partition coefficient (Wildman–Crippen LogP) is 1.82. The molecule has 0 spiro atoms. The van der Waals surface area contributed by atoms with Crippen LogP contribution in [0, 0.1) is 3.83 Å². The molecule has 0 fully saturated rings. The Kier molecular flexibility index (Phi) is 3.57. The third kappa shape index (κ3) is 2.69. The van der Waals surface area contributed by atoms with Gasteiger partial charge in [-0.15, -0.1) is 5.10 Å². The van der Waals surface area contributed by atoms with E-state index >= 15 is 0 Å². The molecule has 7 nitrogen and oxygen atoms in total. The molecule has 2 heterocycles. The van der Waals surface area contributed by atoms with Crippen LogP contribution >= 0.6 is 57.4 Å². The van der Waals surface area contributed by atoms with Crippen LogP contribution < -0.4 is 0 Å². The second-order valence-electron chi connectivity index (χ2n) is 2.74. The fraction of sp³-hybridized carbons (Fsp3) is 0.167. The maximum absolute atomic E-state index is 11.9. The monoisotopic (exact) mass is 406 g/mol. The number of hydrogen-bond donors (Lipinski definition) is 0. The Labute approximate surface area is 123 Å². The summed E-state index contributed by atoms with van der Waals surface area (Å²) in [5.41, 5.74) is 0. The summed E-state index contributed by atoms with van der Waals surface area (Å²) in [6, 6.07) is -0.640. The minimum absolute atomic E-state index is 0.104. The number of halogens is 4. The van der Waals surface area contributed by atoms with Crippen LogP contribution in [0.4, 0.5) is 4.79 Å². The smallest absolute Gasteiger partial charge is 0.243 e. The van der Waals surface area contributed by atoms with Crippen molar-refractivity contribution in [3.8, 4) is 0 Å². The van der Waals surface area contributed by atoms with Gasteiger partial charge >= 0.3 is 6.03 Å². The zero-order chi connectivity index (χ0) is 12.6. The molecule has 0 saturated heterocycles. The lowest BCUT2D eigenvalue weighted by atomic mass is 10.7. The first-order chi connectivity index (χ1) is 7.89. The van der Waals surface area contributed by atoms with E-state index < -0.39 is 9.82 Å². The Balaban J connectivity index is 2.49. The Morgan fingerprint density at radius 2 is 2.12 bits per heavy atom. The van der Waals surface area contributed by atoms with Crippen LogP contribution in [0.2, 0.25) is 0 Å². The fourth-order valence-electron chi connectivity index (χ4n) is 1.01. The van der Waals surface area contributed by atoms with Gasteiger partial charge in [0.2, 0.25) is 7.62 Å². The van der Waals surface area contributed by atoms with Gasteiger partial charge in [0.25, 0.3) is 0 Å². The molecule has 90 valence electrons. The van der Waals surface area contributed by atoms with Gasteiger partial charge in [-0.2, -0.15) is 14.5 Å². The lowest BCUT2D eigenvalue weighted by molar-refractivity contribution is 0.237. The molecule has 17 heavy (non-hydrogen) atoms. The molecule has 0 aliphatic rings. The third-order valence-electron chi connectivity index (χ3n) is 1.63. The molecule has 0 unspecified atom stereocenters. The summed E-state index contributed by atoms with van der Waals surface area (Å²) in [6.07, 6.45) is 2.41. The van der Waals surface area contributed by atoms with Crippen molar-refractivity contribution >= 4 is 63.4 Å². The van der Waals surface area contributed by atoms with Crippen LogP contribution in [-0.2, 0) is 3.79 Å². The third-order valence-corrected chi connectivity index (χ3v) is 2.59. The van der Waals surface area contributed by atoms with Crippen LogP contribution in [0.3, 0.4) is 0 Å². The highest BCUT2D eigenvalue weighted by molar-refractivity contribution is 14.1. The molecule has 2 aromatic rings. The Morgan fingerprint density at radius 1 is 1.41 bits per heavy atom. The SMILES string of the molecule is O=C(n1cncn1)n1nc(I)nc1C(Cl)(Cl)Cl. The van der Waals surface area contributed by atoms with Gasteiger partial charge in [-0.25, -0.2) is 14.8 Å². The number of alkyl halides is 3. The van der Waals surface area contributed by atoms with Gasteiger partial charge in [0.05, 0.1) is 0 Å². The minimum atomic E-state index is -1.85. The Morgan fingerprint density at radius 3 is 2.65 bits per heavy atom. The zero-order valence-electron chi connectivity index (χ0n) is 7.76. The molecule has 0 atom stereocenters. The van der Waals surface area contributed by atoms with Gasteiger partial charge in [0.15, 0.2) is 5.82 Å². The van der Waals surface area contributed by atoms with Crippen LogP contribution in [0.1, 0.15) is 5.82 Å². The molecule has 0 amide bonds. The highest BCUT2D eigenvalue weighted by Gasteiger charge is 2.33. The number of aromatic nitrogens is 6. The van der Waals surface area contributed by atoms with Crippen molar-refractivity contribution in [2.45, 2.75) is 3.79 Å². The van der Waals surface area contributed by atoms with Gasteiger partial charge < -0.3 is 0 Å². The van der Waals surface area contributed by atoms with Crippen LogP contribution in [0.5, 0.6) is 0 Å². The van der Waals surface area contributed by atoms with E-state index in [0.29, 0.717) is 0 Å². The molecule has 0 aliphatic carbocycles. The predicted molar refractivity (Wildman–Crippen MR) is 68.2 cm³/mol. The van der Waals surface area contributed by atoms with Crippen LogP contribution in [0.25, 0.3) is 0 Å². The standard InChI is InChI=1S/C6H2Cl3IN6O/c7-6(8,9)3-13-4(10)14-16(3)5(17)15-2-11-1-12-15/h1-2H. The average molecular weight is 407 g/mol. The van der Waals surface area contributed by atoms with E-state index in [0.717, 1.165) is 9.36 Å². The normalized spacial score (nSPS) is 11.8. The van der Waals surface area contributed by atoms with Crippen molar-refractivity contribution in [3.05, 3.63) is 22.3 Å². The van der Waals surface area contributed by atoms with Crippen molar-refractivity contribution in [2.75, 3.05) is 0 Å². The summed E-state index contributed by atoms with van der Waals surface area (Å²) in [5, 5.41) is 7.49. The summed E-state index contributed by atoms with van der Waals surface area (Å²) in [4.78, 5) is 19.4. The van der Waals surface area contributed by atoms with Crippen LogP contribution in [-0.4, -0.2) is 35.6 Å². The number of rotatable bonds is 0. The molecule has 0 N–H and O–H groups in total. The zero-order valence-corrected chi connectivity index (χ0v) is 12.2. The van der Waals surface area contributed by atoms with Crippen molar-refractivity contribution in [1.82, 2.24) is 29.5 Å².